The lowest BCUT2D eigenvalue weighted by Crippen LogP contribution is -2.46. The lowest BCUT2D eigenvalue weighted by atomic mass is 9.99. The number of amides is 1. The van der Waals surface area contributed by atoms with E-state index in [9.17, 15) is 4.79 Å². The smallest absolute Gasteiger partial charge is 0.224 e. The zero-order valence-electron chi connectivity index (χ0n) is 15.5. The molecule has 1 aromatic carbocycles. The number of carbonyl (C=O) groups excluding carboxylic acids is 1. The normalized spacial score (nSPS) is 23.0. The average Bonchev–Trinajstić information content (AvgIpc) is 3.14. The summed E-state index contributed by atoms with van der Waals surface area (Å²) in [6, 6.07) is 10.7. The first kappa shape index (κ1) is 17.6. The number of aromatic nitrogens is 1. The molecule has 2 aromatic rings. The molecule has 1 aromatic heterocycles. The third-order valence-corrected chi connectivity index (χ3v) is 5.89. The van der Waals surface area contributed by atoms with Crippen LogP contribution in [0.3, 0.4) is 0 Å². The number of fused-ring (bicyclic) bond motifs is 1. The summed E-state index contributed by atoms with van der Waals surface area (Å²) in [5, 5.41) is 7.86. The monoisotopic (exact) mass is 354 g/mol. The van der Waals surface area contributed by atoms with Crippen LogP contribution in [-0.2, 0) is 4.79 Å². The number of hydrogen-bond donors (Lipinski definition) is 2. The lowest BCUT2D eigenvalue weighted by molar-refractivity contribution is -0.126. The summed E-state index contributed by atoms with van der Waals surface area (Å²) in [4.78, 5) is 15.2. The molecule has 140 valence electrons. The Morgan fingerprint density at radius 2 is 2.00 bits per heavy atom. The van der Waals surface area contributed by atoms with E-state index < -0.39 is 0 Å². The van der Waals surface area contributed by atoms with Gasteiger partial charge in [-0.05, 0) is 49.7 Å². The first-order valence-electron chi connectivity index (χ1n) is 10.1. The van der Waals surface area contributed by atoms with Gasteiger partial charge in [-0.15, -0.1) is 0 Å². The highest BCUT2D eigenvalue weighted by atomic mass is 16.1. The van der Waals surface area contributed by atoms with Crippen molar-refractivity contribution >= 4 is 16.8 Å². The molecule has 2 N–H and O–H groups in total. The highest BCUT2D eigenvalue weighted by Gasteiger charge is 2.26. The van der Waals surface area contributed by atoms with Gasteiger partial charge in [0.15, 0.2) is 0 Å². The van der Waals surface area contributed by atoms with Crippen LogP contribution < -0.4 is 10.6 Å². The van der Waals surface area contributed by atoms with Crippen LogP contribution in [0.5, 0.6) is 0 Å². The van der Waals surface area contributed by atoms with Gasteiger partial charge in [-0.3, -0.25) is 9.69 Å². The van der Waals surface area contributed by atoms with E-state index in [1.807, 2.05) is 0 Å². The Labute approximate surface area is 155 Å². The standard InChI is InChI=1S/C21H30N4O/c26-21(18-8-6-11-22-15-18)23-16-20(24-12-4-1-5-13-24)25-14-10-17-7-2-3-9-19(17)25/h2-3,7,9-10,14,18,20,22H,1,4-6,8,11-13,15-16H2,(H,23,26). The number of piperidine rings is 2. The molecule has 5 heteroatoms. The fourth-order valence-electron chi connectivity index (χ4n) is 4.40. The molecule has 4 rings (SSSR count). The van der Waals surface area contributed by atoms with Crippen LogP contribution in [0.2, 0.25) is 0 Å². The minimum atomic E-state index is 0.118. The number of benzene rings is 1. The van der Waals surface area contributed by atoms with E-state index in [-0.39, 0.29) is 18.0 Å². The molecule has 3 heterocycles. The van der Waals surface area contributed by atoms with Crippen LogP contribution in [0.15, 0.2) is 36.5 Å². The second-order valence-corrected chi connectivity index (χ2v) is 7.65. The molecule has 0 aliphatic carbocycles. The molecule has 0 radical (unpaired) electrons. The summed E-state index contributed by atoms with van der Waals surface area (Å²) in [5.74, 6) is 0.322. The van der Waals surface area contributed by atoms with Crippen LogP contribution >= 0.6 is 0 Å². The van der Waals surface area contributed by atoms with E-state index >= 15 is 0 Å². The number of nitrogens with zero attached hydrogens (tertiary/aromatic N) is 2. The highest BCUT2D eigenvalue weighted by molar-refractivity contribution is 5.80. The maximum absolute atomic E-state index is 12.6. The maximum Gasteiger partial charge on any atom is 0.224 e. The summed E-state index contributed by atoms with van der Waals surface area (Å²) >= 11 is 0. The molecule has 2 unspecified atom stereocenters. The fraction of sp³-hybridized carbons (Fsp3) is 0.571. The van der Waals surface area contributed by atoms with Crippen molar-refractivity contribution in [1.82, 2.24) is 20.1 Å². The van der Waals surface area contributed by atoms with E-state index in [0.29, 0.717) is 6.54 Å². The molecule has 2 aliphatic rings. The topological polar surface area (TPSA) is 49.3 Å². The highest BCUT2D eigenvalue weighted by Crippen LogP contribution is 2.25. The van der Waals surface area contributed by atoms with Crippen molar-refractivity contribution in [2.24, 2.45) is 5.92 Å². The van der Waals surface area contributed by atoms with Crippen molar-refractivity contribution in [3.8, 4) is 0 Å². The molecule has 0 bridgehead atoms. The largest absolute Gasteiger partial charge is 0.352 e. The molecule has 0 saturated carbocycles. The van der Waals surface area contributed by atoms with Gasteiger partial charge in [0, 0.05) is 31.3 Å². The number of hydrogen-bond acceptors (Lipinski definition) is 3. The Morgan fingerprint density at radius 1 is 1.15 bits per heavy atom. The maximum atomic E-state index is 12.6. The van der Waals surface area contributed by atoms with E-state index in [0.717, 1.165) is 39.0 Å². The summed E-state index contributed by atoms with van der Waals surface area (Å²) in [5.41, 5.74) is 1.25. The Morgan fingerprint density at radius 3 is 2.81 bits per heavy atom. The van der Waals surface area contributed by atoms with Crippen molar-refractivity contribution in [2.45, 2.75) is 38.3 Å². The number of nitrogens with one attached hydrogen (secondary N) is 2. The van der Waals surface area contributed by atoms with Gasteiger partial charge in [0.1, 0.15) is 6.17 Å². The molecular formula is C21H30N4O. The Kier molecular flexibility index (Phi) is 5.56. The number of carbonyl (C=O) groups is 1. The summed E-state index contributed by atoms with van der Waals surface area (Å²) in [7, 11) is 0. The lowest BCUT2D eigenvalue weighted by Gasteiger charge is -2.36. The van der Waals surface area contributed by atoms with E-state index in [2.05, 4.69) is 56.6 Å². The van der Waals surface area contributed by atoms with Gasteiger partial charge < -0.3 is 15.2 Å². The van der Waals surface area contributed by atoms with Crippen molar-refractivity contribution in [3.05, 3.63) is 36.5 Å². The Bertz CT molecular complexity index is 728. The predicted octanol–water partition coefficient (Wildman–Crippen LogP) is 2.74. The molecule has 2 saturated heterocycles. The molecule has 0 spiro atoms. The van der Waals surface area contributed by atoms with Crippen molar-refractivity contribution in [1.29, 1.82) is 0 Å². The second kappa shape index (κ2) is 8.23. The third-order valence-electron chi connectivity index (χ3n) is 5.89. The number of para-hydroxylation sites is 1. The van der Waals surface area contributed by atoms with Gasteiger partial charge in [0.25, 0.3) is 0 Å². The van der Waals surface area contributed by atoms with Gasteiger partial charge in [0.05, 0.1) is 12.5 Å². The minimum absolute atomic E-state index is 0.118. The van der Waals surface area contributed by atoms with Gasteiger partial charge >= 0.3 is 0 Å². The first-order valence-corrected chi connectivity index (χ1v) is 10.1. The van der Waals surface area contributed by atoms with Crippen molar-refractivity contribution in [3.63, 3.8) is 0 Å². The molecule has 2 aliphatic heterocycles. The van der Waals surface area contributed by atoms with Gasteiger partial charge in [-0.25, -0.2) is 0 Å². The van der Waals surface area contributed by atoms with Crippen LogP contribution in [0.4, 0.5) is 0 Å². The second-order valence-electron chi connectivity index (χ2n) is 7.65. The van der Waals surface area contributed by atoms with E-state index in [1.54, 1.807) is 0 Å². The first-order chi connectivity index (χ1) is 12.8. The van der Waals surface area contributed by atoms with Crippen LogP contribution in [-0.4, -0.2) is 48.1 Å². The predicted molar refractivity (Wildman–Crippen MR) is 105 cm³/mol. The minimum Gasteiger partial charge on any atom is -0.352 e. The molecule has 5 nitrogen and oxygen atoms in total. The Balaban J connectivity index is 1.52. The third kappa shape index (κ3) is 3.79. The zero-order chi connectivity index (χ0) is 17.8. The van der Waals surface area contributed by atoms with Crippen LogP contribution in [0.1, 0.15) is 38.3 Å². The van der Waals surface area contributed by atoms with Gasteiger partial charge in [-0.2, -0.15) is 0 Å². The van der Waals surface area contributed by atoms with Gasteiger partial charge in [0.2, 0.25) is 5.91 Å². The Hall–Kier alpha value is -1.85. The quantitative estimate of drug-likeness (QED) is 0.868. The zero-order valence-corrected chi connectivity index (χ0v) is 15.5. The van der Waals surface area contributed by atoms with E-state index in [1.165, 1.54) is 30.2 Å². The summed E-state index contributed by atoms with van der Waals surface area (Å²) in [6.07, 6.45) is 8.27. The average molecular weight is 354 g/mol. The molecular weight excluding hydrogens is 324 g/mol. The number of rotatable bonds is 5. The fourth-order valence-corrected chi connectivity index (χ4v) is 4.40. The number of likely N-dealkylation sites (tertiary alicyclic amines) is 1. The molecule has 2 atom stereocenters. The van der Waals surface area contributed by atoms with Crippen LogP contribution in [0, 0.1) is 5.92 Å². The summed E-state index contributed by atoms with van der Waals surface area (Å²) < 4.78 is 2.35. The van der Waals surface area contributed by atoms with Crippen molar-refractivity contribution < 1.29 is 4.79 Å². The van der Waals surface area contributed by atoms with Gasteiger partial charge in [-0.1, -0.05) is 24.6 Å². The van der Waals surface area contributed by atoms with Crippen LogP contribution in [0.25, 0.3) is 10.9 Å². The molecule has 2 fully saturated rings. The van der Waals surface area contributed by atoms with E-state index in [4.69, 9.17) is 0 Å². The molecule has 1 amide bonds. The summed E-state index contributed by atoms with van der Waals surface area (Å²) in [6.45, 7) is 4.74. The SMILES string of the molecule is O=C(NCC(N1CCCCC1)n1ccc2ccccc21)C1CCCNC1. The van der Waals surface area contributed by atoms with Crippen molar-refractivity contribution in [2.75, 3.05) is 32.7 Å². The molecule has 26 heavy (non-hydrogen) atoms.